The van der Waals surface area contributed by atoms with Gasteiger partial charge in [-0.3, -0.25) is 0 Å². The first-order chi connectivity index (χ1) is 7.97. The minimum Gasteiger partial charge on any atom is -0.207 e. The van der Waals surface area contributed by atoms with Crippen molar-refractivity contribution in [3.8, 4) is 0 Å². The van der Waals surface area contributed by atoms with E-state index in [9.17, 15) is 4.39 Å². The van der Waals surface area contributed by atoms with E-state index in [-0.39, 0.29) is 10.6 Å². The molecule has 2 aromatic rings. The van der Waals surface area contributed by atoms with E-state index in [0.717, 1.165) is 20.5 Å². The van der Waals surface area contributed by atoms with Gasteiger partial charge >= 0.3 is 0 Å². The Morgan fingerprint density at radius 1 is 1.29 bits per heavy atom. The van der Waals surface area contributed by atoms with Gasteiger partial charge in [0.1, 0.15) is 10.2 Å². The second kappa shape index (κ2) is 5.39. The highest BCUT2D eigenvalue weighted by atomic mass is 79.9. The number of halogens is 4. The maximum Gasteiger partial charge on any atom is 0.123 e. The molecule has 1 unspecified atom stereocenters. The van der Waals surface area contributed by atoms with Gasteiger partial charge in [-0.1, -0.05) is 33.6 Å². The molecule has 0 N–H and O–H groups in total. The van der Waals surface area contributed by atoms with E-state index in [0.29, 0.717) is 4.34 Å². The number of hydrogen-bond donors (Lipinski definition) is 0. The Hall–Kier alpha value is 0.1000. The molecule has 17 heavy (non-hydrogen) atoms. The van der Waals surface area contributed by atoms with Crippen LogP contribution in [0.3, 0.4) is 0 Å². The van der Waals surface area contributed by atoms with Gasteiger partial charge in [0.2, 0.25) is 0 Å². The molecular formula is C12H8Br2ClFS. The van der Waals surface area contributed by atoms with Crippen LogP contribution in [0.15, 0.2) is 28.7 Å². The van der Waals surface area contributed by atoms with Gasteiger partial charge < -0.3 is 0 Å². The lowest BCUT2D eigenvalue weighted by Crippen LogP contribution is -1.92. The van der Waals surface area contributed by atoms with Crippen LogP contribution >= 0.6 is 54.8 Å². The van der Waals surface area contributed by atoms with Crippen molar-refractivity contribution in [3.05, 3.63) is 54.9 Å². The van der Waals surface area contributed by atoms with Gasteiger partial charge in [0.15, 0.2) is 0 Å². The van der Waals surface area contributed by atoms with Crippen molar-refractivity contribution >= 4 is 54.8 Å². The molecule has 1 atom stereocenters. The molecule has 0 spiro atoms. The third-order valence-electron chi connectivity index (χ3n) is 2.27. The van der Waals surface area contributed by atoms with Crippen LogP contribution in [0.2, 0.25) is 4.34 Å². The Morgan fingerprint density at radius 3 is 2.53 bits per heavy atom. The second-order valence-corrected chi connectivity index (χ2v) is 7.15. The molecule has 0 amide bonds. The van der Waals surface area contributed by atoms with Gasteiger partial charge in [0.05, 0.1) is 4.83 Å². The van der Waals surface area contributed by atoms with Crippen LogP contribution < -0.4 is 0 Å². The number of hydrogen-bond acceptors (Lipinski definition) is 1. The first-order valence-corrected chi connectivity index (χ1v) is 7.73. The second-order valence-electron chi connectivity index (χ2n) is 3.69. The minimum atomic E-state index is -0.217. The van der Waals surface area contributed by atoms with Crippen molar-refractivity contribution in [1.29, 1.82) is 0 Å². The van der Waals surface area contributed by atoms with Crippen molar-refractivity contribution in [3.63, 3.8) is 0 Å². The van der Waals surface area contributed by atoms with Crippen molar-refractivity contribution in [2.24, 2.45) is 0 Å². The largest absolute Gasteiger partial charge is 0.207 e. The molecule has 0 saturated heterocycles. The molecule has 0 radical (unpaired) electrons. The zero-order valence-corrected chi connectivity index (χ0v) is 13.6. The number of thiophene rings is 1. The van der Waals surface area contributed by atoms with Gasteiger partial charge in [-0.15, -0.1) is 11.3 Å². The predicted octanol–water partition coefficient (Wildman–Crippen LogP) is 6.10. The summed E-state index contributed by atoms with van der Waals surface area (Å²) in [6, 6.07) is 6.96. The maximum absolute atomic E-state index is 13.3. The van der Waals surface area contributed by atoms with E-state index in [1.165, 1.54) is 23.5 Å². The van der Waals surface area contributed by atoms with Crippen LogP contribution in [0, 0.1) is 12.7 Å². The first-order valence-electron chi connectivity index (χ1n) is 4.83. The van der Waals surface area contributed by atoms with Crippen molar-refractivity contribution < 1.29 is 4.39 Å². The summed E-state index contributed by atoms with van der Waals surface area (Å²) in [7, 11) is 0. The van der Waals surface area contributed by atoms with Crippen LogP contribution in [0.4, 0.5) is 4.39 Å². The molecule has 0 aliphatic heterocycles. The molecule has 0 bridgehead atoms. The highest BCUT2D eigenvalue weighted by molar-refractivity contribution is 9.10. The molecule has 0 fully saturated rings. The Kier molecular flexibility index (Phi) is 4.29. The van der Waals surface area contributed by atoms with Crippen LogP contribution in [-0.2, 0) is 0 Å². The highest BCUT2D eigenvalue weighted by Crippen LogP contribution is 2.41. The maximum atomic E-state index is 13.3. The Balaban J connectivity index is 2.39. The van der Waals surface area contributed by atoms with Gasteiger partial charge in [0, 0.05) is 9.35 Å². The summed E-state index contributed by atoms with van der Waals surface area (Å²) < 4.78 is 14.9. The Bertz CT molecular complexity index is 514. The zero-order valence-electron chi connectivity index (χ0n) is 8.81. The average Bonchev–Trinajstić information content (AvgIpc) is 2.57. The summed E-state index contributed by atoms with van der Waals surface area (Å²) in [6.07, 6.45) is 0. The smallest absolute Gasteiger partial charge is 0.123 e. The molecular weight excluding hydrogens is 390 g/mol. The van der Waals surface area contributed by atoms with Gasteiger partial charge in [0.25, 0.3) is 0 Å². The highest BCUT2D eigenvalue weighted by Gasteiger charge is 2.16. The molecule has 0 saturated carbocycles. The predicted molar refractivity (Wildman–Crippen MR) is 78.9 cm³/mol. The number of aryl methyl sites for hydroxylation is 1. The van der Waals surface area contributed by atoms with E-state index in [4.69, 9.17) is 11.6 Å². The van der Waals surface area contributed by atoms with E-state index < -0.39 is 0 Å². The van der Waals surface area contributed by atoms with Gasteiger partial charge in [-0.2, -0.15) is 0 Å². The molecule has 90 valence electrons. The fourth-order valence-corrected chi connectivity index (χ4v) is 3.98. The SMILES string of the molecule is Cc1cc(F)cc(C(Br)c2cc(Br)c(Cl)s2)c1. The zero-order chi connectivity index (χ0) is 12.6. The molecule has 0 nitrogen and oxygen atoms in total. The van der Waals surface area contributed by atoms with Crippen molar-refractivity contribution in [1.82, 2.24) is 0 Å². The summed E-state index contributed by atoms with van der Waals surface area (Å²) in [4.78, 5) is 1.01. The monoisotopic (exact) mass is 396 g/mol. The van der Waals surface area contributed by atoms with E-state index >= 15 is 0 Å². The van der Waals surface area contributed by atoms with Gasteiger partial charge in [-0.25, -0.2) is 4.39 Å². The van der Waals surface area contributed by atoms with Crippen molar-refractivity contribution in [2.45, 2.75) is 11.8 Å². The molecule has 1 aromatic carbocycles. The number of benzene rings is 1. The lowest BCUT2D eigenvalue weighted by atomic mass is 10.1. The normalized spacial score (nSPS) is 12.8. The van der Waals surface area contributed by atoms with Crippen LogP contribution in [0.25, 0.3) is 0 Å². The fourth-order valence-electron chi connectivity index (χ4n) is 1.56. The summed E-state index contributed by atoms with van der Waals surface area (Å²) in [5.41, 5.74) is 1.80. The van der Waals surface area contributed by atoms with Crippen molar-refractivity contribution in [2.75, 3.05) is 0 Å². The minimum absolute atomic E-state index is 0.0364. The van der Waals surface area contributed by atoms with E-state index in [1.807, 2.05) is 19.1 Å². The molecule has 1 heterocycles. The molecule has 5 heteroatoms. The fraction of sp³-hybridized carbons (Fsp3) is 0.167. The molecule has 0 aliphatic carbocycles. The number of alkyl halides is 1. The van der Waals surface area contributed by atoms with E-state index in [2.05, 4.69) is 31.9 Å². The number of rotatable bonds is 2. The summed E-state index contributed by atoms with van der Waals surface area (Å²) in [5, 5.41) is 0. The Morgan fingerprint density at radius 2 is 2.00 bits per heavy atom. The summed E-state index contributed by atoms with van der Waals surface area (Å²) >= 11 is 14.4. The van der Waals surface area contributed by atoms with Gasteiger partial charge in [-0.05, 0) is 52.2 Å². The van der Waals surface area contributed by atoms with Crippen LogP contribution in [-0.4, -0.2) is 0 Å². The third kappa shape index (κ3) is 3.11. The van der Waals surface area contributed by atoms with Crippen LogP contribution in [0.1, 0.15) is 20.8 Å². The third-order valence-corrected chi connectivity index (χ3v) is 6.14. The molecule has 2 rings (SSSR count). The summed E-state index contributed by atoms with van der Waals surface area (Å²) in [6.45, 7) is 1.88. The average molecular weight is 399 g/mol. The van der Waals surface area contributed by atoms with E-state index in [1.54, 1.807) is 0 Å². The summed E-state index contributed by atoms with van der Waals surface area (Å²) in [5.74, 6) is -0.217. The van der Waals surface area contributed by atoms with Crippen LogP contribution in [0.5, 0.6) is 0 Å². The lowest BCUT2D eigenvalue weighted by molar-refractivity contribution is 0.624. The molecule has 1 aromatic heterocycles. The standard InChI is InChI=1S/C12H8Br2ClFS/c1-6-2-7(4-8(16)3-6)11(14)10-5-9(13)12(15)17-10/h2-5,11H,1H3. The topological polar surface area (TPSA) is 0 Å². The first kappa shape index (κ1) is 13.5. The lowest BCUT2D eigenvalue weighted by Gasteiger charge is -2.09. The Labute approximate surface area is 125 Å². The quantitative estimate of drug-likeness (QED) is 0.537. The molecule has 0 aliphatic rings.